The second-order valence-corrected chi connectivity index (χ2v) is 22.3. The molecule has 0 aliphatic carbocycles. The van der Waals surface area contributed by atoms with Gasteiger partial charge >= 0.3 is 12.3 Å². The van der Waals surface area contributed by atoms with Crippen LogP contribution in [0.3, 0.4) is 0 Å². The molecule has 414 valence electrons. The minimum atomic E-state index is -0.652. The Balaban J connectivity index is 0.829. The van der Waals surface area contributed by atoms with Crippen LogP contribution in [0.5, 0.6) is 0 Å². The van der Waals surface area contributed by atoms with Gasteiger partial charge in [0.1, 0.15) is 24.4 Å². The Hall–Kier alpha value is -9.14. The van der Waals surface area contributed by atoms with Crippen molar-refractivity contribution in [1.29, 1.82) is 0 Å². The van der Waals surface area contributed by atoms with Gasteiger partial charge in [-0.25, -0.2) is 9.59 Å². The summed E-state index contributed by atoms with van der Waals surface area (Å²) in [6.45, 7) is 12.2. The number of ether oxygens (including phenoxy) is 4. The molecule has 0 saturated heterocycles. The summed E-state index contributed by atoms with van der Waals surface area (Å²) in [6, 6.07) is 81.0. The fourth-order valence-electron chi connectivity index (χ4n) is 10.6. The van der Waals surface area contributed by atoms with Crippen LogP contribution < -0.4 is 9.80 Å². The molecule has 0 N–H and O–H groups in total. The van der Waals surface area contributed by atoms with E-state index in [1.165, 1.54) is 0 Å². The highest BCUT2D eigenvalue weighted by Gasteiger charge is 2.25. The highest BCUT2D eigenvalue weighted by atomic mass is 16.7. The third-order valence-corrected chi connectivity index (χ3v) is 15.1. The van der Waals surface area contributed by atoms with E-state index in [-0.39, 0.29) is 13.2 Å². The van der Waals surface area contributed by atoms with Crippen molar-refractivity contribution in [2.24, 2.45) is 0 Å². The zero-order valence-corrected chi connectivity index (χ0v) is 47.9. The maximum atomic E-state index is 12.6. The van der Waals surface area contributed by atoms with Gasteiger partial charge in [-0.3, -0.25) is 0 Å². The first-order valence-corrected chi connectivity index (χ1v) is 28.7. The molecule has 0 spiro atoms. The van der Waals surface area contributed by atoms with Crippen LogP contribution in [0, 0.1) is 0 Å². The van der Waals surface area contributed by atoms with Gasteiger partial charge in [-0.05, 0) is 169 Å². The normalized spacial score (nSPS) is 11.5. The minimum absolute atomic E-state index is 0.122. The summed E-state index contributed by atoms with van der Waals surface area (Å²) >= 11 is 0. The van der Waals surface area contributed by atoms with Gasteiger partial charge in [0.25, 0.3) is 0 Å². The minimum Gasteiger partial charge on any atom is -0.429 e. The van der Waals surface area contributed by atoms with E-state index in [4.69, 9.17) is 18.9 Å². The van der Waals surface area contributed by atoms with Crippen molar-refractivity contribution >= 4 is 68.0 Å². The van der Waals surface area contributed by atoms with Gasteiger partial charge in [-0.15, -0.1) is 0 Å². The van der Waals surface area contributed by atoms with Crippen LogP contribution in [-0.2, 0) is 32.2 Å². The molecule has 0 heterocycles. The Labute approximate surface area is 483 Å². The zero-order valence-electron chi connectivity index (χ0n) is 47.9. The van der Waals surface area contributed by atoms with Gasteiger partial charge in [0.2, 0.25) is 0 Å². The Morgan fingerprint density at radius 2 is 0.634 bits per heavy atom. The van der Waals surface area contributed by atoms with Gasteiger partial charge in [0.15, 0.2) is 0 Å². The van der Waals surface area contributed by atoms with Crippen molar-refractivity contribution in [2.75, 3.05) is 9.80 Å². The summed E-state index contributed by atoms with van der Waals surface area (Å²) in [5, 5.41) is 4.59. The number of anilines is 6. The van der Waals surface area contributed by atoms with E-state index < -0.39 is 23.5 Å². The molecule has 0 amide bonds. The summed E-state index contributed by atoms with van der Waals surface area (Å²) in [5.74, 6) is 0. The molecule has 0 bridgehead atoms. The van der Waals surface area contributed by atoms with Crippen LogP contribution in [0.25, 0.3) is 54.9 Å². The van der Waals surface area contributed by atoms with Crippen LogP contribution in [0.15, 0.2) is 231 Å². The molecule has 0 saturated carbocycles. The zero-order chi connectivity index (χ0) is 57.1. The lowest BCUT2D eigenvalue weighted by atomic mass is 9.97. The van der Waals surface area contributed by atoms with Crippen LogP contribution in [0.2, 0.25) is 0 Å². The third-order valence-electron chi connectivity index (χ3n) is 15.1. The van der Waals surface area contributed by atoms with E-state index in [9.17, 15) is 9.59 Å². The molecule has 10 aromatic rings. The second-order valence-electron chi connectivity index (χ2n) is 22.3. The molecule has 0 aromatic heterocycles. The molecular weight excluding hydrogens is 1010 g/mol. The molecule has 0 unspecified atom stereocenters. The predicted octanol–water partition coefficient (Wildman–Crippen LogP) is 21.2. The maximum Gasteiger partial charge on any atom is 0.509 e. The van der Waals surface area contributed by atoms with Gasteiger partial charge in [-0.1, -0.05) is 197 Å². The van der Waals surface area contributed by atoms with Gasteiger partial charge in [0.05, 0.1) is 11.4 Å². The molecule has 0 atom stereocenters. The van der Waals surface area contributed by atoms with E-state index in [2.05, 4.69) is 230 Å². The Morgan fingerprint density at radius 1 is 0.354 bits per heavy atom. The lowest BCUT2D eigenvalue weighted by molar-refractivity contribution is -0.0255. The molecular formula is C74H72N2O6. The van der Waals surface area contributed by atoms with E-state index in [0.717, 1.165) is 139 Å². The van der Waals surface area contributed by atoms with Crippen molar-refractivity contribution in [3.05, 3.63) is 242 Å². The van der Waals surface area contributed by atoms with E-state index in [1.54, 1.807) is 0 Å². The van der Waals surface area contributed by atoms with Crippen molar-refractivity contribution < 1.29 is 28.5 Å². The van der Waals surface area contributed by atoms with Crippen molar-refractivity contribution in [2.45, 2.75) is 104 Å². The molecule has 0 aliphatic rings. The maximum absolute atomic E-state index is 12.6. The third kappa shape index (κ3) is 13.7. The lowest BCUT2D eigenvalue weighted by Gasteiger charge is -2.27. The molecule has 8 nitrogen and oxygen atoms in total. The number of nitrogens with zero attached hydrogens (tertiary/aromatic N) is 2. The number of rotatable bonds is 21. The fraction of sp³-hybridized carbons (Fsp3) is 0.216. The summed E-state index contributed by atoms with van der Waals surface area (Å²) in [4.78, 5) is 29.8. The summed E-state index contributed by atoms with van der Waals surface area (Å²) < 4.78 is 22.4. The Bertz CT molecular complexity index is 3480. The van der Waals surface area contributed by atoms with E-state index in [1.807, 2.05) is 52.0 Å². The highest BCUT2D eigenvalue weighted by Crippen LogP contribution is 2.42. The predicted molar refractivity (Wildman–Crippen MR) is 337 cm³/mol. The molecule has 82 heavy (non-hydrogen) atoms. The van der Waals surface area contributed by atoms with Gasteiger partial charge < -0.3 is 28.7 Å². The molecule has 0 radical (unpaired) electrons. The SMILES string of the molecule is CCCCC(C)(C)OC(=O)OCc1ccc(N(c2ccc(-c3ccc(-c4ccc(-c5ccc(N(c6ccc(COC(=O)OC(C)(C)CCCC)cc6)c6cccc7ccccc67)cc5)cc4)cc3)cc2)c2cccc3ccccc23)cc1. The average Bonchev–Trinajstić information content (AvgIpc) is 3.18. The van der Waals surface area contributed by atoms with Crippen LogP contribution >= 0.6 is 0 Å². The van der Waals surface area contributed by atoms with Crippen molar-refractivity contribution in [3.63, 3.8) is 0 Å². The number of hydrogen-bond acceptors (Lipinski definition) is 8. The standard InChI is InChI=1S/C74H72N2O6/c1-7-9-49-73(3,4)81-71(77)79-51-53-25-41-63(42-26-53)75(69-23-15-19-61-17-11-13-21-67(61)69)65-45-37-59(38-46-65)57-33-29-55(30-34-57)56-31-35-58(36-32-56)60-39-47-66(48-40-60)76(70-24-16-20-62-18-12-14-22-68(62)70)64-43-27-54(28-44-64)52-80-72(78)82-74(5,6)50-10-8-2/h11-48H,7-10,49-52H2,1-6H3. The number of carbonyl (C=O) groups excluding carboxylic acids is 2. The first-order chi connectivity index (χ1) is 39.8. The molecule has 8 heteroatoms. The number of hydrogen-bond donors (Lipinski definition) is 0. The van der Waals surface area contributed by atoms with Gasteiger partial charge in [-0.2, -0.15) is 0 Å². The summed E-state index contributed by atoms with van der Waals surface area (Å²) in [5.41, 5.74) is 13.5. The molecule has 0 aliphatic heterocycles. The number of carbonyl (C=O) groups is 2. The van der Waals surface area contributed by atoms with Crippen molar-refractivity contribution in [3.8, 4) is 33.4 Å². The van der Waals surface area contributed by atoms with Crippen LogP contribution in [-0.4, -0.2) is 23.5 Å². The second kappa shape index (κ2) is 25.5. The topological polar surface area (TPSA) is 77.5 Å². The van der Waals surface area contributed by atoms with Crippen LogP contribution in [0.1, 0.15) is 91.2 Å². The summed E-state index contributed by atoms with van der Waals surface area (Å²) in [7, 11) is 0. The summed E-state index contributed by atoms with van der Waals surface area (Å²) in [6.07, 6.45) is 4.30. The first-order valence-electron chi connectivity index (χ1n) is 28.7. The highest BCUT2D eigenvalue weighted by molar-refractivity contribution is 6.00. The fourth-order valence-corrected chi connectivity index (χ4v) is 10.6. The molecule has 10 aromatic carbocycles. The number of unbranched alkanes of at least 4 members (excludes halogenated alkanes) is 2. The van der Waals surface area contributed by atoms with Crippen molar-refractivity contribution in [1.82, 2.24) is 0 Å². The molecule has 10 rings (SSSR count). The van der Waals surface area contributed by atoms with E-state index >= 15 is 0 Å². The first kappa shape index (κ1) is 56.1. The quantitative estimate of drug-likeness (QED) is 0.0659. The molecule has 0 fully saturated rings. The smallest absolute Gasteiger partial charge is 0.429 e. The van der Waals surface area contributed by atoms with Gasteiger partial charge in [0, 0.05) is 33.5 Å². The number of benzene rings is 10. The van der Waals surface area contributed by atoms with E-state index in [0.29, 0.717) is 0 Å². The Kier molecular flexibility index (Phi) is 17.5. The monoisotopic (exact) mass is 1080 g/mol. The van der Waals surface area contributed by atoms with Crippen LogP contribution in [0.4, 0.5) is 43.7 Å². The largest absolute Gasteiger partial charge is 0.509 e. The number of fused-ring (bicyclic) bond motifs is 2. The average molecular weight is 1090 g/mol. The Morgan fingerprint density at radius 3 is 0.951 bits per heavy atom. The lowest BCUT2D eigenvalue weighted by Crippen LogP contribution is -2.28.